The van der Waals surface area contributed by atoms with Crippen molar-refractivity contribution in [1.29, 1.82) is 0 Å². The van der Waals surface area contributed by atoms with Crippen LogP contribution in [-0.2, 0) is 6.42 Å². The average Bonchev–Trinajstić information content (AvgIpc) is 3.00. The molecule has 0 fully saturated rings. The second-order valence-electron chi connectivity index (χ2n) is 3.94. The van der Waals surface area contributed by atoms with Crippen LogP contribution >= 0.6 is 22.9 Å². The second kappa shape index (κ2) is 4.99. The minimum absolute atomic E-state index is 0.556. The Labute approximate surface area is 118 Å². The van der Waals surface area contributed by atoms with E-state index in [-0.39, 0.29) is 0 Å². The smallest absolute Gasteiger partial charge is 0.182 e. The number of thiazole rings is 1. The number of aromatic amines is 1. The van der Waals surface area contributed by atoms with E-state index in [4.69, 9.17) is 17.3 Å². The van der Waals surface area contributed by atoms with Gasteiger partial charge in [-0.2, -0.15) is 5.10 Å². The molecule has 96 valence electrons. The van der Waals surface area contributed by atoms with E-state index in [1.54, 1.807) is 0 Å². The number of benzene rings is 1. The van der Waals surface area contributed by atoms with Crippen LogP contribution in [0.25, 0.3) is 11.4 Å². The maximum absolute atomic E-state index is 6.11. The molecular formula is C12H10ClN5S. The van der Waals surface area contributed by atoms with E-state index in [1.807, 2.05) is 29.6 Å². The van der Waals surface area contributed by atoms with Gasteiger partial charge in [-0.05, 0) is 12.1 Å². The molecule has 2 aromatic heterocycles. The standard InChI is InChI=1S/C12H10ClN5S/c13-9-4-2-1-3-8(9)11-16-10(17-18-11)5-7-6-19-12(14)15-7/h1-4,6H,5H2,(H2,14,15)(H,16,17,18). The molecule has 2 heterocycles. The summed E-state index contributed by atoms with van der Waals surface area (Å²) >= 11 is 7.52. The molecule has 3 aromatic rings. The molecule has 0 aliphatic rings. The normalized spacial score (nSPS) is 10.8. The van der Waals surface area contributed by atoms with E-state index < -0.39 is 0 Å². The number of nitrogens with one attached hydrogen (secondary N) is 1. The molecule has 5 nitrogen and oxygen atoms in total. The van der Waals surface area contributed by atoms with Gasteiger partial charge >= 0.3 is 0 Å². The lowest BCUT2D eigenvalue weighted by Crippen LogP contribution is -1.92. The second-order valence-corrected chi connectivity index (χ2v) is 5.24. The van der Waals surface area contributed by atoms with Gasteiger partial charge < -0.3 is 5.73 Å². The predicted octanol–water partition coefficient (Wildman–Crippen LogP) is 2.75. The van der Waals surface area contributed by atoms with E-state index in [9.17, 15) is 0 Å². The number of hydrogen-bond acceptors (Lipinski definition) is 5. The SMILES string of the molecule is Nc1nc(Cc2nc(-c3ccccc3Cl)n[nH]2)cs1. The highest BCUT2D eigenvalue weighted by molar-refractivity contribution is 7.13. The molecule has 0 bridgehead atoms. The third kappa shape index (κ3) is 2.59. The van der Waals surface area contributed by atoms with Gasteiger partial charge in [0, 0.05) is 10.9 Å². The lowest BCUT2D eigenvalue weighted by molar-refractivity contribution is 0.952. The van der Waals surface area contributed by atoms with Crippen molar-refractivity contribution in [2.75, 3.05) is 5.73 Å². The van der Waals surface area contributed by atoms with Crippen molar-refractivity contribution in [3.63, 3.8) is 0 Å². The van der Waals surface area contributed by atoms with Gasteiger partial charge in [0.2, 0.25) is 0 Å². The van der Waals surface area contributed by atoms with Crippen molar-refractivity contribution in [2.24, 2.45) is 0 Å². The average molecular weight is 292 g/mol. The molecule has 0 saturated heterocycles. The van der Waals surface area contributed by atoms with E-state index in [0.29, 0.717) is 22.4 Å². The van der Waals surface area contributed by atoms with Crippen molar-refractivity contribution >= 4 is 28.1 Å². The quantitative estimate of drug-likeness (QED) is 0.777. The van der Waals surface area contributed by atoms with E-state index in [0.717, 1.165) is 17.1 Å². The first kappa shape index (κ1) is 12.1. The zero-order valence-electron chi connectivity index (χ0n) is 9.80. The van der Waals surface area contributed by atoms with Crippen molar-refractivity contribution in [3.8, 4) is 11.4 Å². The third-order valence-electron chi connectivity index (χ3n) is 2.56. The topological polar surface area (TPSA) is 80.5 Å². The summed E-state index contributed by atoms with van der Waals surface area (Å²) in [7, 11) is 0. The maximum atomic E-state index is 6.11. The zero-order chi connectivity index (χ0) is 13.2. The van der Waals surface area contributed by atoms with Crippen molar-refractivity contribution in [2.45, 2.75) is 6.42 Å². The van der Waals surface area contributed by atoms with Gasteiger partial charge in [0.15, 0.2) is 11.0 Å². The Morgan fingerprint density at radius 3 is 2.84 bits per heavy atom. The Bertz CT molecular complexity index is 705. The maximum Gasteiger partial charge on any atom is 0.182 e. The van der Waals surface area contributed by atoms with Gasteiger partial charge in [0.25, 0.3) is 0 Å². The molecule has 7 heteroatoms. The summed E-state index contributed by atoms with van der Waals surface area (Å²) < 4.78 is 0. The highest BCUT2D eigenvalue weighted by atomic mass is 35.5. The Balaban J connectivity index is 1.86. The van der Waals surface area contributed by atoms with E-state index >= 15 is 0 Å². The van der Waals surface area contributed by atoms with Gasteiger partial charge in [-0.25, -0.2) is 9.97 Å². The summed E-state index contributed by atoms with van der Waals surface area (Å²) in [5.41, 5.74) is 7.28. The van der Waals surface area contributed by atoms with Crippen molar-refractivity contribution in [3.05, 3.63) is 46.2 Å². The first-order valence-electron chi connectivity index (χ1n) is 5.58. The monoisotopic (exact) mass is 291 g/mol. The predicted molar refractivity (Wildman–Crippen MR) is 76.2 cm³/mol. The number of H-pyrrole nitrogens is 1. The Morgan fingerprint density at radius 2 is 2.11 bits per heavy atom. The number of anilines is 1. The van der Waals surface area contributed by atoms with Gasteiger partial charge in [-0.3, -0.25) is 5.10 Å². The van der Waals surface area contributed by atoms with Crippen LogP contribution in [0.4, 0.5) is 5.13 Å². The summed E-state index contributed by atoms with van der Waals surface area (Å²) in [6.07, 6.45) is 0.575. The molecular weight excluding hydrogens is 282 g/mol. The fourth-order valence-electron chi connectivity index (χ4n) is 1.71. The molecule has 0 saturated carbocycles. The number of aromatic nitrogens is 4. The van der Waals surface area contributed by atoms with Gasteiger partial charge in [0.05, 0.1) is 17.1 Å². The minimum atomic E-state index is 0.556. The lowest BCUT2D eigenvalue weighted by atomic mass is 10.2. The van der Waals surface area contributed by atoms with Crippen LogP contribution in [0.3, 0.4) is 0 Å². The van der Waals surface area contributed by atoms with Gasteiger partial charge in [0.1, 0.15) is 5.82 Å². The summed E-state index contributed by atoms with van der Waals surface area (Å²) in [5, 5.41) is 10.2. The largest absolute Gasteiger partial charge is 0.375 e. The highest BCUT2D eigenvalue weighted by Crippen LogP contribution is 2.24. The number of hydrogen-bond donors (Lipinski definition) is 2. The molecule has 0 radical (unpaired) electrons. The molecule has 3 N–H and O–H groups in total. The molecule has 19 heavy (non-hydrogen) atoms. The number of nitrogens with zero attached hydrogens (tertiary/aromatic N) is 3. The Morgan fingerprint density at radius 1 is 1.26 bits per heavy atom. The van der Waals surface area contributed by atoms with Crippen LogP contribution in [0, 0.1) is 0 Å². The number of nitrogen functional groups attached to an aromatic ring is 1. The third-order valence-corrected chi connectivity index (χ3v) is 3.62. The summed E-state index contributed by atoms with van der Waals surface area (Å²) in [6, 6.07) is 7.47. The fraction of sp³-hybridized carbons (Fsp3) is 0.0833. The van der Waals surface area contributed by atoms with Crippen molar-refractivity contribution in [1.82, 2.24) is 20.2 Å². The van der Waals surface area contributed by atoms with Gasteiger partial charge in [-0.15, -0.1) is 11.3 Å². The summed E-state index contributed by atoms with van der Waals surface area (Å²) in [5.74, 6) is 1.32. The number of halogens is 1. The molecule has 0 spiro atoms. The number of rotatable bonds is 3. The molecule has 0 amide bonds. The Kier molecular flexibility index (Phi) is 3.18. The van der Waals surface area contributed by atoms with E-state index in [2.05, 4.69) is 20.2 Å². The fourth-order valence-corrected chi connectivity index (χ4v) is 2.50. The van der Waals surface area contributed by atoms with Crippen LogP contribution in [-0.4, -0.2) is 20.2 Å². The van der Waals surface area contributed by atoms with Crippen molar-refractivity contribution < 1.29 is 0 Å². The minimum Gasteiger partial charge on any atom is -0.375 e. The van der Waals surface area contributed by atoms with Gasteiger partial charge in [-0.1, -0.05) is 23.7 Å². The van der Waals surface area contributed by atoms with Crippen LogP contribution in [0.2, 0.25) is 5.02 Å². The molecule has 0 atom stereocenters. The first-order valence-corrected chi connectivity index (χ1v) is 6.84. The summed E-state index contributed by atoms with van der Waals surface area (Å²) in [4.78, 5) is 8.61. The molecule has 3 rings (SSSR count). The number of nitrogens with two attached hydrogens (primary N) is 1. The molecule has 1 aromatic carbocycles. The van der Waals surface area contributed by atoms with Crippen LogP contribution in [0.15, 0.2) is 29.6 Å². The lowest BCUT2D eigenvalue weighted by Gasteiger charge is -1.96. The first-order chi connectivity index (χ1) is 9.22. The van der Waals surface area contributed by atoms with E-state index in [1.165, 1.54) is 11.3 Å². The Hall–Kier alpha value is -1.92. The molecule has 0 unspecified atom stereocenters. The highest BCUT2D eigenvalue weighted by Gasteiger charge is 2.10. The summed E-state index contributed by atoms with van der Waals surface area (Å²) in [6.45, 7) is 0. The van der Waals surface area contributed by atoms with Crippen LogP contribution in [0.1, 0.15) is 11.5 Å². The zero-order valence-corrected chi connectivity index (χ0v) is 11.4. The van der Waals surface area contributed by atoms with Crippen LogP contribution in [0.5, 0.6) is 0 Å². The van der Waals surface area contributed by atoms with Crippen LogP contribution < -0.4 is 5.73 Å². The molecule has 0 aliphatic heterocycles. The molecule has 0 aliphatic carbocycles.